The van der Waals surface area contributed by atoms with Crippen molar-refractivity contribution in [3.63, 3.8) is 0 Å². The number of nitro groups is 1. The molecule has 0 spiro atoms. The van der Waals surface area contributed by atoms with Gasteiger partial charge in [0.1, 0.15) is 0 Å². The van der Waals surface area contributed by atoms with E-state index in [1.54, 1.807) is 0 Å². The van der Waals surface area contributed by atoms with Crippen LogP contribution in [-0.4, -0.2) is 73.4 Å². The van der Waals surface area contributed by atoms with Crippen LogP contribution in [0.15, 0.2) is 28.9 Å². The Labute approximate surface area is 199 Å². The van der Waals surface area contributed by atoms with Gasteiger partial charge >= 0.3 is 144 Å². The van der Waals surface area contributed by atoms with Gasteiger partial charge in [-0.3, -0.25) is 14.9 Å². The molecule has 0 aliphatic carbocycles. The van der Waals surface area contributed by atoms with Crippen LogP contribution in [-0.2, 0) is 19.2 Å². The van der Waals surface area contributed by atoms with Crippen LogP contribution in [0.4, 0.5) is 5.69 Å². The number of amides is 4. The van der Waals surface area contributed by atoms with Crippen LogP contribution in [0.25, 0.3) is 0 Å². The SMILES string of the molecule is O=C(SC1CC(=O)N(CCCN2C(=O)CC(S/B=N/P)C2=O)C1=O)c1ccc([N+](=O)[O-])cc1. The van der Waals surface area contributed by atoms with Gasteiger partial charge in [-0.25, -0.2) is 0 Å². The van der Waals surface area contributed by atoms with Crippen LogP contribution in [0.2, 0.25) is 0 Å². The molecular formula is C18H18BN4O7PS2. The van der Waals surface area contributed by atoms with Crippen LogP contribution in [0, 0.1) is 10.1 Å². The molecule has 0 bridgehead atoms. The second kappa shape index (κ2) is 11.1. The fraction of sp³-hybridized carbons (Fsp3) is 0.389. The van der Waals surface area contributed by atoms with Gasteiger partial charge in [-0.1, -0.05) is 0 Å². The van der Waals surface area contributed by atoms with Crippen molar-refractivity contribution in [3.8, 4) is 0 Å². The number of likely N-dealkylation sites (tertiary alicyclic amines) is 2. The third kappa shape index (κ3) is 5.93. The second-order valence-corrected chi connectivity index (χ2v) is 9.63. The molecule has 4 amide bonds. The summed E-state index contributed by atoms with van der Waals surface area (Å²) in [5.41, 5.74) is 0.0294. The Hall–Kier alpha value is -2.44. The minimum atomic E-state index is -0.887. The predicted octanol–water partition coefficient (Wildman–Crippen LogP) is 1.44. The first-order valence-corrected chi connectivity index (χ1v) is 12.1. The number of carbonyl (C=O) groups excluding carboxylic acids is 5. The summed E-state index contributed by atoms with van der Waals surface area (Å²) in [7, 11) is 2.14. The smallest absolute Gasteiger partial charge is 0.258 e. The van der Waals surface area contributed by atoms with Crippen molar-refractivity contribution in [2.24, 2.45) is 4.67 Å². The van der Waals surface area contributed by atoms with E-state index < -0.39 is 32.4 Å². The third-order valence-electron chi connectivity index (χ3n) is 5.02. The van der Waals surface area contributed by atoms with Crippen molar-refractivity contribution in [2.45, 2.75) is 29.8 Å². The van der Waals surface area contributed by atoms with Crippen LogP contribution < -0.4 is 0 Å². The standard InChI is InChI=1S/C18H18BN4O7PS2/c24-14-8-12(32-18(28)10-2-4-11(5-3-10)23(29)30)16(26)21(14)6-1-7-22-15(25)9-13(17(22)27)33-19-20-31/h2-5,12-13H,1,6-9,31H2. The zero-order valence-electron chi connectivity index (χ0n) is 17.1. The molecule has 33 heavy (non-hydrogen) atoms. The molecule has 1 aromatic carbocycles. The molecule has 15 heteroatoms. The van der Waals surface area contributed by atoms with Gasteiger partial charge in [0.15, 0.2) is 0 Å². The maximum absolute atomic E-state index is 12.6. The number of nitro benzene ring substituents is 1. The molecule has 2 saturated heterocycles. The summed E-state index contributed by atoms with van der Waals surface area (Å²) in [4.78, 5) is 74.1. The van der Waals surface area contributed by atoms with E-state index in [2.05, 4.69) is 14.1 Å². The first-order valence-electron chi connectivity index (χ1n) is 9.74. The van der Waals surface area contributed by atoms with Crippen LogP contribution in [0.5, 0.6) is 0 Å². The quantitative estimate of drug-likeness (QED) is 0.159. The third-order valence-corrected chi connectivity index (χ3v) is 7.43. The average molecular weight is 508 g/mol. The summed E-state index contributed by atoms with van der Waals surface area (Å²) in [5.74, 6) is -1.57. The molecule has 0 radical (unpaired) electrons. The average Bonchev–Trinajstić information content (AvgIpc) is 3.21. The van der Waals surface area contributed by atoms with Gasteiger partial charge in [0, 0.05) is 17.7 Å². The van der Waals surface area contributed by atoms with Gasteiger partial charge in [-0.2, -0.15) is 0 Å². The molecule has 11 nitrogen and oxygen atoms in total. The molecule has 3 atom stereocenters. The van der Waals surface area contributed by atoms with E-state index in [0.717, 1.165) is 21.4 Å². The van der Waals surface area contributed by atoms with Crippen LogP contribution >= 0.6 is 32.8 Å². The zero-order valence-corrected chi connectivity index (χ0v) is 19.9. The van der Waals surface area contributed by atoms with Gasteiger partial charge in [-0.15, -0.1) is 0 Å². The van der Waals surface area contributed by atoms with Gasteiger partial charge in [0.25, 0.3) is 5.69 Å². The Morgan fingerprint density at radius 2 is 1.61 bits per heavy atom. The number of nitrogens with zero attached hydrogens (tertiary/aromatic N) is 4. The Bertz CT molecular complexity index is 1040. The monoisotopic (exact) mass is 508 g/mol. The van der Waals surface area contributed by atoms with Crippen LogP contribution in [0.3, 0.4) is 0 Å². The van der Waals surface area contributed by atoms with Crippen molar-refractivity contribution in [3.05, 3.63) is 39.9 Å². The molecule has 3 unspecified atom stereocenters. The first-order chi connectivity index (χ1) is 15.7. The number of imide groups is 2. The van der Waals surface area contributed by atoms with E-state index >= 15 is 0 Å². The molecule has 2 fully saturated rings. The van der Waals surface area contributed by atoms with E-state index in [4.69, 9.17) is 0 Å². The molecule has 0 aromatic heterocycles. The number of thioether (sulfide) groups is 1. The Morgan fingerprint density at radius 3 is 2.15 bits per heavy atom. The van der Waals surface area contributed by atoms with Gasteiger partial charge < -0.3 is 0 Å². The van der Waals surface area contributed by atoms with Crippen molar-refractivity contribution < 1.29 is 28.9 Å². The first kappa shape index (κ1) is 25.2. The van der Waals surface area contributed by atoms with Crippen molar-refractivity contribution >= 4 is 73.5 Å². The van der Waals surface area contributed by atoms with Gasteiger partial charge in [0.2, 0.25) is 0 Å². The van der Waals surface area contributed by atoms with Crippen molar-refractivity contribution in [2.75, 3.05) is 13.1 Å². The molecule has 3 rings (SSSR count). The Balaban J connectivity index is 1.52. The van der Waals surface area contributed by atoms with Gasteiger partial charge in [-0.05, 0) is 12.1 Å². The maximum atomic E-state index is 12.6. The van der Waals surface area contributed by atoms with Gasteiger partial charge in [0.05, 0.1) is 4.92 Å². The zero-order chi connectivity index (χ0) is 24.1. The Kier molecular flexibility index (Phi) is 8.49. The maximum Gasteiger partial charge on any atom is 0.269 e. The fourth-order valence-corrected chi connectivity index (χ4v) is 5.28. The molecule has 0 N–H and O–H groups in total. The fourth-order valence-electron chi connectivity index (χ4n) is 3.39. The van der Waals surface area contributed by atoms with E-state index in [9.17, 15) is 34.1 Å². The summed E-state index contributed by atoms with van der Waals surface area (Å²) in [6.07, 6.45) is 1.64. The number of rotatable bonds is 9. The molecule has 2 aliphatic rings. The molecule has 2 aliphatic heterocycles. The normalized spacial score (nSPS) is 20.8. The summed E-state index contributed by atoms with van der Waals surface area (Å²) in [5, 5.41) is 8.84. The number of hydrogen-bond donors (Lipinski definition) is 0. The summed E-state index contributed by atoms with van der Waals surface area (Å²) < 4.78 is 3.71. The van der Waals surface area contributed by atoms with Crippen LogP contribution in [0.1, 0.15) is 29.6 Å². The molecule has 0 saturated carbocycles. The summed E-state index contributed by atoms with van der Waals surface area (Å²) in [6.45, 7) is 0.117. The second-order valence-electron chi connectivity index (χ2n) is 7.11. The molecular weight excluding hydrogens is 490 g/mol. The predicted molar refractivity (Wildman–Crippen MR) is 125 cm³/mol. The van der Waals surface area contributed by atoms with Crippen molar-refractivity contribution in [1.29, 1.82) is 0 Å². The molecule has 1 aromatic rings. The minimum Gasteiger partial charge on any atom is -0.258 e. The van der Waals surface area contributed by atoms with Crippen molar-refractivity contribution in [1.82, 2.24) is 9.80 Å². The molecule has 172 valence electrons. The van der Waals surface area contributed by atoms with E-state index in [0.29, 0.717) is 11.8 Å². The van der Waals surface area contributed by atoms with E-state index in [-0.39, 0.29) is 55.4 Å². The largest absolute Gasteiger partial charge is 0.269 e. The minimum absolute atomic E-state index is 0.0301. The topological polar surface area (TPSA) is 147 Å². The number of carbonyl (C=O) groups is 5. The van der Waals surface area contributed by atoms with E-state index in [1.807, 2.05) is 0 Å². The summed E-state index contributed by atoms with van der Waals surface area (Å²) >= 11 is 1.86. The molecule has 2 heterocycles. The van der Waals surface area contributed by atoms with E-state index in [1.165, 1.54) is 30.6 Å². The number of non-ortho nitro benzene ring substituents is 1. The summed E-state index contributed by atoms with van der Waals surface area (Å²) in [6, 6.07) is 4.99. The Morgan fingerprint density at radius 1 is 1.06 bits per heavy atom. The number of benzene rings is 1. The number of hydrogen-bond acceptors (Lipinski definition) is 10.